The zero-order chi connectivity index (χ0) is 21.7. The van der Waals surface area contributed by atoms with Crippen molar-refractivity contribution in [3.63, 3.8) is 0 Å². The number of fused-ring (bicyclic) bond motifs is 1. The summed E-state index contributed by atoms with van der Waals surface area (Å²) in [7, 11) is 0. The quantitative estimate of drug-likeness (QED) is 0.341. The zero-order valence-electron chi connectivity index (χ0n) is 16.3. The first-order valence-electron chi connectivity index (χ1n) is 9.49. The smallest absolute Gasteiger partial charge is 0.430 e. The highest BCUT2D eigenvalue weighted by Crippen LogP contribution is 2.36. The maximum Gasteiger partial charge on any atom is 0.514 e. The van der Waals surface area contributed by atoms with Gasteiger partial charge in [0.1, 0.15) is 12.4 Å². The highest BCUT2D eigenvalue weighted by Gasteiger charge is 2.26. The summed E-state index contributed by atoms with van der Waals surface area (Å²) in [5.74, 6) is 0.215. The lowest BCUT2D eigenvalue weighted by Crippen LogP contribution is -2.37. The van der Waals surface area contributed by atoms with Crippen LogP contribution in [-0.4, -0.2) is 25.2 Å². The molecule has 0 bridgehead atoms. The molecule has 158 valence electrons. The molecule has 30 heavy (non-hydrogen) atoms. The Hall–Kier alpha value is -2.35. The number of carbonyl (C=O) groups excluding carboxylic acids is 2. The van der Waals surface area contributed by atoms with Crippen molar-refractivity contribution < 1.29 is 19.1 Å². The summed E-state index contributed by atoms with van der Waals surface area (Å²) in [6.45, 7) is 4.15. The first-order valence-corrected chi connectivity index (χ1v) is 10.7. The van der Waals surface area contributed by atoms with Gasteiger partial charge in [0.25, 0.3) is 0 Å². The molecule has 0 fully saturated rings. The second-order valence-corrected chi connectivity index (χ2v) is 8.10. The van der Waals surface area contributed by atoms with E-state index < -0.39 is 12.2 Å². The molecule has 0 spiro atoms. The molecule has 8 heteroatoms. The number of anilines is 1. The lowest BCUT2D eigenvalue weighted by atomic mass is 9.99. The van der Waals surface area contributed by atoms with Crippen molar-refractivity contribution in [1.29, 1.82) is 0 Å². The Bertz CT molecular complexity index is 966. The van der Waals surface area contributed by atoms with Crippen molar-refractivity contribution in [2.45, 2.75) is 25.3 Å². The van der Waals surface area contributed by atoms with Crippen LogP contribution in [0.2, 0.25) is 5.02 Å². The molecule has 3 rings (SSSR count). The Kier molecular flexibility index (Phi) is 7.53. The molecule has 1 unspecified atom stereocenters. The van der Waals surface area contributed by atoms with Crippen LogP contribution >= 0.6 is 27.5 Å². The number of hydrogen-bond acceptors (Lipinski definition) is 5. The van der Waals surface area contributed by atoms with Gasteiger partial charge in [-0.15, -0.1) is 0 Å². The normalized spacial score (nSPS) is 13.9. The SMILES string of the molecule is C=CCOC(=O)Oc1ccc(C(N)CC(=O)N2CCCc3cccc(Cl)c32)c(Br)c1. The van der Waals surface area contributed by atoms with E-state index in [1.807, 2.05) is 12.1 Å². The largest absolute Gasteiger partial charge is 0.514 e. The maximum atomic E-state index is 13.0. The maximum absolute atomic E-state index is 13.0. The van der Waals surface area contributed by atoms with Crippen LogP contribution in [0.5, 0.6) is 5.75 Å². The predicted molar refractivity (Wildman–Crippen MR) is 120 cm³/mol. The van der Waals surface area contributed by atoms with Gasteiger partial charge in [-0.25, -0.2) is 4.79 Å². The van der Waals surface area contributed by atoms with E-state index in [-0.39, 0.29) is 18.9 Å². The van der Waals surface area contributed by atoms with Crippen molar-refractivity contribution in [2.75, 3.05) is 18.1 Å². The second-order valence-electron chi connectivity index (χ2n) is 6.84. The molecule has 1 atom stereocenters. The molecule has 0 aliphatic carbocycles. The van der Waals surface area contributed by atoms with Gasteiger partial charge in [0, 0.05) is 23.5 Å². The van der Waals surface area contributed by atoms with Crippen molar-refractivity contribution >= 4 is 45.3 Å². The Balaban J connectivity index is 1.69. The minimum atomic E-state index is -0.824. The van der Waals surface area contributed by atoms with Gasteiger partial charge in [0.05, 0.1) is 10.7 Å². The number of hydrogen-bond donors (Lipinski definition) is 1. The first-order chi connectivity index (χ1) is 14.4. The number of para-hydroxylation sites is 1. The fourth-order valence-electron chi connectivity index (χ4n) is 3.39. The third-order valence-corrected chi connectivity index (χ3v) is 5.75. The minimum absolute atomic E-state index is 0.0642. The average Bonchev–Trinajstić information content (AvgIpc) is 2.72. The number of aryl methyl sites for hydroxylation is 1. The highest BCUT2D eigenvalue weighted by atomic mass is 79.9. The van der Waals surface area contributed by atoms with Gasteiger partial charge >= 0.3 is 6.16 Å². The number of ether oxygens (including phenoxy) is 2. The van der Waals surface area contributed by atoms with Gasteiger partial charge in [-0.1, -0.05) is 58.4 Å². The van der Waals surface area contributed by atoms with E-state index in [1.165, 1.54) is 6.08 Å². The van der Waals surface area contributed by atoms with Gasteiger partial charge < -0.3 is 20.1 Å². The van der Waals surface area contributed by atoms with Gasteiger partial charge in [0.15, 0.2) is 0 Å². The lowest BCUT2D eigenvalue weighted by Gasteiger charge is -2.31. The Morgan fingerprint density at radius 3 is 2.87 bits per heavy atom. The van der Waals surface area contributed by atoms with Crippen LogP contribution in [0.15, 0.2) is 53.5 Å². The second kappa shape index (κ2) is 10.1. The van der Waals surface area contributed by atoms with E-state index in [0.717, 1.165) is 29.7 Å². The summed E-state index contributed by atoms with van der Waals surface area (Å²) in [6, 6.07) is 10.1. The molecule has 1 aliphatic heterocycles. The van der Waals surface area contributed by atoms with Gasteiger partial charge in [-0.05, 0) is 42.2 Å². The fourth-order valence-corrected chi connectivity index (χ4v) is 4.33. The van der Waals surface area contributed by atoms with E-state index in [2.05, 4.69) is 22.5 Å². The van der Waals surface area contributed by atoms with E-state index >= 15 is 0 Å². The van der Waals surface area contributed by atoms with Crippen molar-refractivity contribution in [2.24, 2.45) is 5.73 Å². The van der Waals surface area contributed by atoms with Crippen LogP contribution in [0.3, 0.4) is 0 Å². The van der Waals surface area contributed by atoms with Crippen molar-refractivity contribution in [3.05, 3.63) is 69.7 Å². The molecule has 1 aliphatic rings. The minimum Gasteiger partial charge on any atom is -0.430 e. The monoisotopic (exact) mass is 492 g/mol. The van der Waals surface area contributed by atoms with E-state index in [4.69, 9.17) is 26.8 Å². The summed E-state index contributed by atoms with van der Waals surface area (Å²) in [4.78, 5) is 26.3. The Morgan fingerprint density at radius 1 is 1.33 bits per heavy atom. The molecule has 1 amide bonds. The molecular formula is C22H22BrClN2O4. The molecule has 6 nitrogen and oxygen atoms in total. The van der Waals surface area contributed by atoms with Gasteiger partial charge in [0.2, 0.25) is 5.91 Å². The fraction of sp³-hybridized carbons (Fsp3) is 0.273. The summed E-state index contributed by atoms with van der Waals surface area (Å²) < 4.78 is 10.5. The first kappa shape index (κ1) is 22.3. The number of nitrogens with two attached hydrogens (primary N) is 1. The Morgan fingerprint density at radius 2 is 2.13 bits per heavy atom. The molecular weight excluding hydrogens is 472 g/mol. The molecule has 2 aromatic rings. The molecule has 1 heterocycles. The van der Waals surface area contributed by atoms with Crippen LogP contribution in [0.1, 0.15) is 30.0 Å². The highest BCUT2D eigenvalue weighted by molar-refractivity contribution is 9.10. The lowest BCUT2D eigenvalue weighted by molar-refractivity contribution is -0.119. The van der Waals surface area contributed by atoms with E-state index in [1.54, 1.807) is 29.2 Å². The molecule has 2 N–H and O–H groups in total. The number of amides is 1. The van der Waals surface area contributed by atoms with Gasteiger partial charge in [-0.3, -0.25) is 4.79 Å². The molecule has 0 saturated carbocycles. The standard InChI is InChI=1S/C22H22BrClN2O4/c1-2-11-29-22(28)30-15-8-9-16(17(23)12-15)19(25)13-20(27)26-10-4-6-14-5-3-7-18(24)21(14)26/h2-3,5,7-9,12,19H,1,4,6,10-11,13,25H2. The predicted octanol–water partition coefficient (Wildman–Crippen LogP) is 5.17. The Labute approximate surface area is 188 Å². The number of rotatable bonds is 6. The van der Waals surface area contributed by atoms with Gasteiger partial charge in [-0.2, -0.15) is 0 Å². The van der Waals surface area contributed by atoms with Crippen LogP contribution < -0.4 is 15.4 Å². The third kappa shape index (κ3) is 5.22. The number of carbonyl (C=O) groups is 2. The molecule has 2 aromatic carbocycles. The average molecular weight is 494 g/mol. The van der Waals surface area contributed by atoms with Crippen molar-refractivity contribution in [3.8, 4) is 5.75 Å². The number of nitrogens with zero attached hydrogens (tertiary/aromatic N) is 1. The summed E-state index contributed by atoms with van der Waals surface area (Å²) in [5.41, 5.74) is 8.90. The third-order valence-electron chi connectivity index (χ3n) is 4.76. The molecule has 0 saturated heterocycles. The van der Waals surface area contributed by atoms with Crippen LogP contribution in [0.25, 0.3) is 0 Å². The topological polar surface area (TPSA) is 81.9 Å². The van der Waals surface area contributed by atoms with Crippen LogP contribution in [0, 0.1) is 0 Å². The van der Waals surface area contributed by atoms with Crippen LogP contribution in [-0.2, 0) is 16.0 Å². The summed E-state index contributed by atoms with van der Waals surface area (Å²) >= 11 is 9.80. The molecule has 0 aromatic heterocycles. The van der Waals surface area contributed by atoms with E-state index in [9.17, 15) is 9.59 Å². The van der Waals surface area contributed by atoms with Crippen molar-refractivity contribution in [1.82, 2.24) is 0 Å². The van der Waals surface area contributed by atoms with E-state index in [0.29, 0.717) is 21.8 Å². The zero-order valence-corrected chi connectivity index (χ0v) is 18.6. The molecule has 0 radical (unpaired) electrons. The summed E-state index contributed by atoms with van der Waals surface area (Å²) in [6.07, 6.45) is 2.52. The summed E-state index contributed by atoms with van der Waals surface area (Å²) in [5, 5.41) is 0.570. The number of halogens is 2. The number of benzene rings is 2. The van der Waals surface area contributed by atoms with Crippen LogP contribution in [0.4, 0.5) is 10.5 Å².